The van der Waals surface area contributed by atoms with Gasteiger partial charge in [-0.25, -0.2) is 0 Å². The van der Waals surface area contributed by atoms with E-state index < -0.39 is 0 Å². The SMILES string of the molecule is CCCCC(CC)COC(=O)CCCCCCCCOC(=O)CC(CC)CCCC. The molecule has 0 aliphatic rings. The fraction of sp³-hybridized carbons (Fsp3) is 0.923. The van der Waals surface area contributed by atoms with Gasteiger partial charge in [0.1, 0.15) is 0 Å². The maximum atomic E-state index is 11.9. The molecule has 178 valence electrons. The standard InChI is InChI=1S/C26H50O4/c1-5-9-17-23(7-3)21-26(28)29-20-16-14-12-11-13-15-19-25(27)30-22-24(8-4)18-10-6-2/h23-24H,5-22H2,1-4H3. The first-order valence-electron chi connectivity index (χ1n) is 12.9. The summed E-state index contributed by atoms with van der Waals surface area (Å²) < 4.78 is 10.8. The van der Waals surface area contributed by atoms with Crippen LogP contribution in [-0.4, -0.2) is 25.2 Å². The lowest BCUT2D eigenvalue weighted by molar-refractivity contribution is -0.146. The number of carbonyl (C=O) groups is 2. The summed E-state index contributed by atoms with van der Waals surface area (Å²) in [6.45, 7) is 9.85. The van der Waals surface area contributed by atoms with E-state index in [0.717, 1.165) is 64.2 Å². The second-order valence-corrected chi connectivity index (χ2v) is 8.81. The van der Waals surface area contributed by atoms with E-state index in [1.165, 1.54) is 25.7 Å². The summed E-state index contributed by atoms with van der Waals surface area (Å²) in [7, 11) is 0. The van der Waals surface area contributed by atoms with Gasteiger partial charge in [-0.05, 0) is 37.5 Å². The molecular weight excluding hydrogens is 376 g/mol. The van der Waals surface area contributed by atoms with Crippen molar-refractivity contribution in [1.82, 2.24) is 0 Å². The van der Waals surface area contributed by atoms with Gasteiger partial charge in [-0.2, -0.15) is 0 Å². The van der Waals surface area contributed by atoms with Crippen LogP contribution in [0.1, 0.15) is 130 Å². The molecule has 0 saturated heterocycles. The third kappa shape index (κ3) is 17.8. The zero-order valence-corrected chi connectivity index (χ0v) is 20.5. The molecule has 2 unspecified atom stereocenters. The number of esters is 2. The molecule has 0 N–H and O–H groups in total. The Morgan fingerprint density at radius 2 is 1.20 bits per heavy atom. The van der Waals surface area contributed by atoms with Crippen molar-refractivity contribution in [2.45, 2.75) is 130 Å². The predicted octanol–water partition coefficient (Wildman–Crippen LogP) is 7.63. The zero-order valence-electron chi connectivity index (χ0n) is 20.5. The molecule has 0 aromatic carbocycles. The Labute approximate surface area is 186 Å². The Balaban J connectivity index is 3.54. The van der Waals surface area contributed by atoms with Crippen LogP contribution in [0.5, 0.6) is 0 Å². The van der Waals surface area contributed by atoms with E-state index in [-0.39, 0.29) is 11.9 Å². The van der Waals surface area contributed by atoms with E-state index in [0.29, 0.717) is 37.9 Å². The topological polar surface area (TPSA) is 52.6 Å². The summed E-state index contributed by atoms with van der Waals surface area (Å²) >= 11 is 0. The van der Waals surface area contributed by atoms with Crippen LogP contribution in [0.4, 0.5) is 0 Å². The molecule has 0 radical (unpaired) electrons. The minimum atomic E-state index is -0.0406. The van der Waals surface area contributed by atoms with Crippen LogP contribution in [0.3, 0.4) is 0 Å². The maximum Gasteiger partial charge on any atom is 0.306 e. The lowest BCUT2D eigenvalue weighted by Crippen LogP contribution is -2.13. The first-order valence-corrected chi connectivity index (χ1v) is 12.9. The molecule has 4 heteroatoms. The summed E-state index contributed by atoms with van der Waals surface area (Å²) in [5.74, 6) is 0.929. The van der Waals surface area contributed by atoms with E-state index in [4.69, 9.17) is 9.47 Å². The van der Waals surface area contributed by atoms with Crippen molar-refractivity contribution in [3.8, 4) is 0 Å². The minimum absolute atomic E-state index is 0.0310. The van der Waals surface area contributed by atoms with E-state index in [2.05, 4.69) is 27.7 Å². The van der Waals surface area contributed by atoms with Crippen LogP contribution in [0.2, 0.25) is 0 Å². The van der Waals surface area contributed by atoms with Crippen LogP contribution in [-0.2, 0) is 19.1 Å². The van der Waals surface area contributed by atoms with Crippen molar-refractivity contribution >= 4 is 11.9 Å². The molecule has 0 spiro atoms. The molecule has 0 bridgehead atoms. The van der Waals surface area contributed by atoms with Crippen LogP contribution >= 0.6 is 0 Å². The second kappa shape index (κ2) is 21.2. The van der Waals surface area contributed by atoms with Gasteiger partial charge in [-0.15, -0.1) is 0 Å². The predicted molar refractivity (Wildman–Crippen MR) is 125 cm³/mol. The number of hydrogen-bond donors (Lipinski definition) is 0. The highest BCUT2D eigenvalue weighted by atomic mass is 16.5. The highest BCUT2D eigenvalue weighted by Crippen LogP contribution is 2.17. The third-order valence-corrected chi connectivity index (χ3v) is 6.06. The normalized spacial score (nSPS) is 13.1. The van der Waals surface area contributed by atoms with Crippen molar-refractivity contribution in [3.05, 3.63) is 0 Å². The summed E-state index contributed by atoms with van der Waals surface area (Å²) in [6, 6.07) is 0. The number of unbranched alkanes of at least 4 members (excludes halogenated alkanes) is 7. The first-order chi connectivity index (χ1) is 14.6. The zero-order chi connectivity index (χ0) is 22.5. The van der Waals surface area contributed by atoms with E-state index in [1.807, 2.05) is 0 Å². The molecule has 0 rings (SSSR count). The van der Waals surface area contributed by atoms with E-state index >= 15 is 0 Å². The van der Waals surface area contributed by atoms with Gasteiger partial charge in [0.2, 0.25) is 0 Å². The second-order valence-electron chi connectivity index (χ2n) is 8.81. The molecule has 0 saturated carbocycles. The summed E-state index contributed by atoms with van der Waals surface area (Å²) in [5, 5.41) is 0. The quantitative estimate of drug-likeness (QED) is 0.140. The molecule has 0 aromatic rings. The largest absolute Gasteiger partial charge is 0.466 e. The van der Waals surface area contributed by atoms with E-state index in [1.54, 1.807) is 0 Å². The van der Waals surface area contributed by atoms with Gasteiger partial charge in [0.25, 0.3) is 0 Å². The molecule has 0 aliphatic heterocycles. The molecule has 4 nitrogen and oxygen atoms in total. The first kappa shape index (κ1) is 28.9. The van der Waals surface area contributed by atoms with Gasteiger partial charge in [0.05, 0.1) is 13.2 Å². The van der Waals surface area contributed by atoms with Crippen molar-refractivity contribution in [2.24, 2.45) is 11.8 Å². The van der Waals surface area contributed by atoms with Crippen molar-refractivity contribution in [3.63, 3.8) is 0 Å². The Kier molecular flexibility index (Phi) is 20.4. The van der Waals surface area contributed by atoms with Crippen molar-refractivity contribution < 1.29 is 19.1 Å². The molecule has 0 heterocycles. The highest BCUT2D eigenvalue weighted by molar-refractivity contribution is 5.69. The Morgan fingerprint density at radius 3 is 1.80 bits per heavy atom. The van der Waals surface area contributed by atoms with Gasteiger partial charge < -0.3 is 9.47 Å². The van der Waals surface area contributed by atoms with Crippen LogP contribution < -0.4 is 0 Å². The van der Waals surface area contributed by atoms with Crippen LogP contribution in [0.15, 0.2) is 0 Å². The van der Waals surface area contributed by atoms with Crippen LogP contribution in [0, 0.1) is 11.8 Å². The molecular formula is C26H50O4. The Bertz CT molecular complexity index is 408. The Morgan fingerprint density at radius 1 is 0.633 bits per heavy atom. The van der Waals surface area contributed by atoms with Crippen molar-refractivity contribution in [1.29, 1.82) is 0 Å². The summed E-state index contributed by atoms with van der Waals surface area (Å²) in [6.07, 6.45) is 16.6. The summed E-state index contributed by atoms with van der Waals surface area (Å²) in [4.78, 5) is 23.8. The average Bonchev–Trinajstić information content (AvgIpc) is 2.75. The van der Waals surface area contributed by atoms with Crippen LogP contribution in [0.25, 0.3) is 0 Å². The lowest BCUT2D eigenvalue weighted by atomic mass is 9.96. The average molecular weight is 427 g/mol. The molecule has 30 heavy (non-hydrogen) atoms. The fourth-order valence-corrected chi connectivity index (χ4v) is 3.68. The molecule has 0 aromatic heterocycles. The van der Waals surface area contributed by atoms with Gasteiger partial charge in [-0.1, -0.05) is 91.9 Å². The molecule has 0 fully saturated rings. The highest BCUT2D eigenvalue weighted by Gasteiger charge is 2.13. The fourth-order valence-electron chi connectivity index (χ4n) is 3.68. The lowest BCUT2D eigenvalue weighted by Gasteiger charge is -2.14. The Hall–Kier alpha value is -1.06. The van der Waals surface area contributed by atoms with Gasteiger partial charge in [-0.3, -0.25) is 9.59 Å². The number of hydrogen-bond acceptors (Lipinski definition) is 4. The number of rotatable bonds is 21. The van der Waals surface area contributed by atoms with E-state index in [9.17, 15) is 9.59 Å². The van der Waals surface area contributed by atoms with Gasteiger partial charge in [0.15, 0.2) is 0 Å². The van der Waals surface area contributed by atoms with Gasteiger partial charge >= 0.3 is 11.9 Å². The van der Waals surface area contributed by atoms with Gasteiger partial charge in [0, 0.05) is 12.8 Å². The molecule has 0 amide bonds. The molecule has 0 aliphatic carbocycles. The minimum Gasteiger partial charge on any atom is -0.466 e. The third-order valence-electron chi connectivity index (χ3n) is 6.06. The number of ether oxygens (including phenoxy) is 2. The number of carbonyl (C=O) groups excluding carboxylic acids is 2. The smallest absolute Gasteiger partial charge is 0.306 e. The summed E-state index contributed by atoms with van der Waals surface area (Å²) in [5.41, 5.74) is 0. The monoisotopic (exact) mass is 426 g/mol. The van der Waals surface area contributed by atoms with Crippen molar-refractivity contribution in [2.75, 3.05) is 13.2 Å². The maximum absolute atomic E-state index is 11.9. The molecule has 2 atom stereocenters.